The third-order valence-electron chi connectivity index (χ3n) is 6.17. The van der Waals surface area contributed by atoms with Crippen LogP contribution in [-0.2, 0) is 0 Å². The van der Waals surface area contributed by atoms with Crippen LogP contribution in [0.5, 0.6) is 0 Å². The van der Waals surface area contributed by atoms with Crippen LogP contribution in [0.15, 0.2) is 83.6 Å². The van der Waals surface area contributed by atoms with Crippen molar-refractivity contribution < 1.29 is 4.79 Å². The van der Waals surface area contributed by atoms with Crippen LogP contribution in [0.4, 0.5) is 10.5 Å². The molecule has 1 saturated heterocycles. The second-order valence-corrected chi connectivity index (χ2v) is 10.2. The molecule has 0 unspecified atom stereocenters. The highest BCUT2D eigenvalue weighted by Crippen LogP contribution is 2.36. The average molecular weight is 483 g/mol. The Kier molecular flexibility index (Phi) is 5.57. The number of aromatic nitrogens is 2. The Hall–Kier alpha value is -3.55. The summed E-state index contributed by atoms with van der Waals surface area (Å²) in [6, 6.07) is 24.3. The van der Waals surface area contributed by atoms with Gasteiger partial charge in [-0.3, -0.25) is 0 Å². The molecular weight excluding hydrogens is 460 g/mol. The van der Waals surface area contributed by atoms with Crippen LogP contribution < -0.4 is 5.32 Å². The Bertz CT molecular complexity index is 1430. The first-order chi connectivity index (χ1) is 16.7. The van der Waals surface area contributed by atoms with E-state index in [0.29, 0.717) is 5.92 Å². The van der Waals surface area contributed by atoms with Gasteiger partial charge in [-0.15, -0.1) is 22.7 Å². The molecule has 2 aromatic carbocycles. The summed E-state index contributed by atoms with van der Waals surface area (Å²) in [5.41, 5.74) is 5.37. The van der Waals surface area contributed by atoms with Crippen LogP contribution in [0.2, 0.25) is 0 Å². The van der Waals surface area contributed by atoms with Crippen molar-refractivity contribution in [2.24, 2.45) is 0 Å². The zero-order valence-corrected chi connectivity index (χ0v) is 20.0. The van der Waals surface area contributed by atoms with E-state index in [1.54, 1.807) is 22.7 Å². The zero-order chi connectivity index (χ0) is 22.9. The molecule has 0 spiro atoms. The molecule has 6 rings (SSSR count). The van der Waals surface area contributed by atoms with Gasteiger partial charge >= 0.3 is 6.03 Å². The fourth-order valence-corrected chi connectivity index (χ4v) is 5.88. The summed E-state index contributed by atoms with van der Waals surface area (Å²) in [6.45, 7) is 1.49. The second kappa shape index (κ2) is 9.00. The van der Waals surface area contributed by atoms with Crippen LogP contribution >= 0.6 is 22.7 Å². The lowest BCUT2D eigenvalue weighted by molar-refractivity contribution is 0.222. The average Bonchev–Trinajstić information content (AvgIpc) is 3.66. The number of urea groups is 1. The molecule has 3 aromatic heterocycles. The van der Waals surface area contributed by atoms with E-state index in [1.807, 2.05) is 41.3 Å². The lowest BCUT2D eigenvalue weighted by Gasteiger charge is -2.18. The highest BCUT2D eigenvalue weighted by Gasteiger charge is 2.27. The lowest BCUT2D eigenvalue weighted by Crippen LogP contribution is -2.32. The number of carbonyl (C=O) groups is 1. The predicted octanol–water partition coefficient (Wildman–Crippen LogP) is 7.11. The number of amides is 2. The van der Waals surface area contributed by atoms with Crippen LogP contribution in [0.25, 0.3) is 32.2 Å². The van der Waals surface area contributed by atoms with Gasteiger partial charge < -0.3 is 10.2 Å². The van der Waals surface area contributed by atoms with Gasteiger partial charge in [0, 0.05) is 24.7 Å². The van der Waals surface area contributed by atoms with E-state index in [4.69, 9.17) is 9.97 Å². The topological polar surface area (TPSA) is 58.1 Å². The van der Waals surface area contributed by atoms with Gasteiger partial charge in [0.15, 0.2) is 0 Å². The normalized spacial score (nSPS) is 15.6. The van der Waals surface area contributed by atoms with Crippen molar-refractivity contribution in [1.82, 2.24) is 14.9 Å². The second-order valence-electron chi connectivity index (χ2n) is 8.35. The molecule has 168 valence electrons. The minimum atomic E-state index is -0.0700. The fourth-order valence-electron chi connectivity index (χ4n) is 4.45. The number of nitrogens with one attached hydrogen (secondary N) is 1. The number of anilines is 1. The highest BCUT2D eigenvalue weighted by atomic mass is 32.1. The first kappa shape index (κ1) is 21.0. The molecule has 4 heterocycles. The molecule has 1 atom stereocenters. The van der Waals surface area contributed by atoms with Gasteiger partial charge in [0.1, 0.15) is 11.4 Å². The van der Waals surface area contributed by atoms with Crippen molar-refractivity contribution in [1.29, 1.82) is 0 Å². The zero-order valence-electron chi connectivity index (χ0n) is 18.3. The fraction of sp³-hybridized carbons (Fsp3) is 0.148. The summed E-state index contributed by atoms with van der Waals surface area (Å²) < 4.78 is 0. The summed E-state index contributed by atoms with van der Waals surface area (Å²) >= 11 is 3.31. The highest BCUT2D eigenvalue weighted by molar-refractivity contribution is 7.14. The molecule has 2 amide bonds. The molecule has 0 saturated carbocycles. The van der Waals surface area contributed by atoms with Gasteiger partial charge in [-0.2, -0.15) is 0 Å². The number of benzene rings is 2. The Morgan fingerprint density at radius 1 is 0.853 bits per heavy atom. The van der Waals surface area contributed by atoms with Gasteiger partial charge in [-0.25, -0.2) is 14.8 Å². The number of nitrogens with zero attached hydrogens (tertiary/aromatic N) is 3. The standard InChI is InChI=1S/C27H22N4OS2/c32-27(31-13-12-19(17-31)18-6-2-1-3-7-18)28-20-10-11-21-22(16-20)30-26(24-9-5-15-34-24)25(29-21)23-8-4-14-33-23/h1-11,14-16,19H,12-13,17H2,(H,28,32)/t19-/m0/s1. The number of thiophene rings is 2. The summed E-state index contributed by atoms with van der Waals surface area (Å²) in [4.78, 5) is 27.0. The number of hydrogen-bond acceptors (Lipinski definition) is 5. The molecular formula is C27H22N4OS2. The molecule has 7 heteroatoms. The van der Waals surface area contributed by atoms with E-state index in [0.717, 1.165) is 57.4 Å². The minimum Gasteiger partial charge on any atom is -0.324 e. The van der Waals surface area contributed by atoms with Gasteiger partial charge in [-0.1, -0.05) is 42.5 Å². The monoisotopic (exact) mass is 482 g/mol. The largest absolute Gasteiger partial charge is 0.324 e. The van der Waals surface area contributed by atoms with Gasteiger partial charge in [0.2, 0.25) is 0 Å². The van der Waals surface area contributed by atoms with E-state index < -0.39 is 0 Å². The number of rotatable bonds is 4. The van der Waals surface area contributed by atoms with Gasteiger partial charge in [-0.05, 0) is 53.1 Å². The Morgan fingerprint density at radius 2 is 1.56 bits per heavy atom. The van der Waals surface area contributed by atoms with Gasteiger partial charge in [0.05, 0.1) is 20.8 Å². The number of fused-ring (bicyclic) bond motifs is 1. The number of carbonyl (C=O) groups excluding carboxylic acids is 1. The molecule has 0 bridgehead atoms. The molecule has 34 heavy (non-hydrogen) atoms. The van der Waals surface area contributed by atoms with Crippen LogP contribution in [0.1, 0.15) is 17.9 Å². The number of hydrogen-bond donors (Lipinski definition) is 1. The predicted molar refractivity (Wildman–Crippen MR) is 141 cm³/mol. The SMILES string of the molecule is O=C(Nc1ccc2nc(-c3cccs3)c(-c3cccs3)nc2c1)N1CC[C@H](c2ccccc2)C1. The lowest BCUT2D eigenvalue weighted by atomic mass is 9.99. The maximum atomic E-state index is 13.0. The van der Waals surface area contributed by atoms with E-state index in [-0.39, 0.29) is 6.03 Å². The molecule has 1 aliphatic rings. The molecule has 5 nitrogen and oxygen atoms in total. The Morgan fingerprint density at radius 3 is 2.24 bits per heavy atom. The van der Waals surface area contributed by atoms with Crippen molar-refractivity contribution in [2.45, 2.75) is 12.3 Å². The quantitative estimate of drug-likeness (QED) is 0.297. The van der Waals surface area contributed by atoms with E-state index in [1.165, 1.54) is 5.56 Å². The Balaban J connectivity index is 1.26. The van der Waals surface area contributed by atoms with Crippen molar-refractivity contribution >= 4 is 45.4 Å². The molecule has 0 aliphatic carbocycles. The first-order valence-electron chi connectivity index (χ1n) is 11.2. The van der Waals surface area contributed by atoms with E-state index in [2.05, 4.69) is 52.5 Å². The third-order valence-corrected chi connectivity index (χ3v) is 7.92. The molecule has 1 N–H and O–H groups in total. The van der Waals surface area contributed by atoms with E-state index >= 15 is 0 Å². The number of likely N-dealkylation sites (tertiary alicyclic amines) is 1. The maximum absolute atomic E-state index is 13.0. The molecule has 1 aliphatic heterocycles. The van der Waals surface area contributed by atoms with Crippen LogP contribution in [-0.4, -0.2) is 34.0 Å². The first-order valence-corrected chi connectivity index (χ1v) is 13.0. The third kappa shape index (κ3) is 4.08. The maximum Gasteiger partial charge on any atom is 0.321 e. The summed E-state index contributed by atoms with van der Waals surface area (Å²) in [5.74, 6) is 0.387. The van der Waals surface area contributed by atoms with Gasteiger partial charge in [0.25, 0.3) is 0 Å². The van der Waals surface area contributed by atoms with Crippen molar-refractivity contribution in [3.8, 4) is 21.1 Å². The summed E-state index contributed by atoms with van der Waals surface area (Å²) in [6.07, 6.45) is 0.982. The smallest absolute Gasteiger partial charge is 0.321 e. The van der Waals surface area contributed by atoms with Crippen molar-refractivity contribution in [3.05, 3.63) is 89.1 Å². The summed E-state index contributed by atoms with van der Waals surface area (Å²) in [5, 5.41) is 7.17. The molecule has 0 radical (unpaired) electrons. The van der Waals surface area contributed by atoms with Crippen LogP contribution in [0, 0.1) is 0 Å². The minimum absolute atomic E-state index is 0.0700. The Labute approximate surface area is 205 Å². The molecule has 1 fully saturated rings. The van der Waals surface area contributed by atoms with Crippen LogP contribution in [0.3, 0.4) is 0 Å². The molecule has 5 aromatic rings. The van der Waals surface area contributed by atoms with Crippen molar-refractivity contribution in [2.75, 3.05) is 18.4 Å². The van der Waals surface area contributed by atoms with Crippen molar-refractivity contribution in [3.63, 3.8) is 0 Å². The summed E-state index contributed by atoms with van der Waals surface area (Å²) in [7, 11) is 0. The van der Waals surface area contributed by atoms with E-state index in [9.17, 15) is 4.79 Å².